The Hall–Kier alpha value is -2.60. The van der Waals surface area contributed by atoms with Crippen molar-refractivity contribution in [2.24, 2.45) is 0 Å². The van der Waals surface area contributed by atoms with E-state index in [1.54, 1.807) is 28.4 Å². The molecule has 1 saturated heterocycles. The van der Waals surface area contributed by atoms with Crippen LogP contribution in [0.1, 0.15) is 17.9 Å². The number of aliphatic hydroxyl groups excluding tert-OH is 1. The highest BCUT2D eigenvalue weighted by Gasteiger charge is 2.33. The summed E-state index contributed by atoms with van der Waals surface area (Å²) in [6.45, 7) is 1.36. The second-order valence-electron chi connectivity index (χ2n) is 6.55. The third-order valence-corrected chi connectivity index (χ3v) is 5.14. The first-order valence-electron chi connectivity index (χ1n) is 8.98. The van der Waals surface area contributed by atoms with E-state index in [0.717, 1.165) is 30.0 Å². The highest BCUT2D eigenvalue weighted by Crippen LogP contribution is 2.43. The number of hydrogen-bond acceptors (Lipinski definition) is 6. The van der Waals surface area contributed by atoms with E-state index in [9.17, 15) is 5.11 Å². The minimum atomic E-state index is -0.544. The zero-order valence-electron chi connectivity index (χ0n) is 16.3. The molecule has 1 aliphatic rings. The summed E-state index contributed by atoms with van der Waals surface area (Å²) in [7, 11) is 6.50. The first kappa shape index (κ1) is 19.2. The Labute approximate surface area is 160 Å². The van der Waals surface area contributed by atoms with Crippen molar-refractivity contribution in [3.05, 3.63) is 42.0 Å². The summed E-state index contributed by atoms with van der Waals surface area (Å²) in [6, 6.07) is 11.6. The van der Waals surface area contributed by atoms with Gasteiger partial charge in [0.1, 0.15) is 23.0 Å². The Morgan fingerprint density at radius 1 is 0.852 bits per heavy atom. The highest BCUT2D eigenvalue weighted by molar-refractivity contribution is 5.55. The summed E-state index contributed by atoms with van der Waals surface area (Å²) >= 11 is 0. The fourth-order valence-electron chi connectivity index (χ4n) is 3.69. The smallest absolute Gasteiger partial charge is 0.129 e. The van der Waals surface area contributed by atoms with E-state index in [4.69, 9.17) is 18.9 Å². The number of nitrogens with zero attached hydrogens (tertiary/aromatic N) is 1. The fraction of sp³-hybridized carbons (Fsp3) is 0.429. The molecule has 2 aromatic carbocycles. The average molecular weight is 373 g/mol. The van der Waals surface area contributed by atoms with Gasteiger partial charge in [0.25, 0.3) is 0 Å². The lowest BCUT2D eigenvalue weighted by Gasteiger charge is -2.38. The van der Waals surface area contributed by atoms with Crippen LogP contribution in [-0.2, 0) is 0 Å². The molecule has 1 fully saturated rings. The molecular weight excluding hydrogens is 346 g/mol. The Bertz CT molecular complexity index is 737. The SMILES string of the molecule is COc1ccc(N2CCC(c3c(OC)cc(OC)cc3OC)C(O)C2)cc1. The predicted molar refractivity (Wildman–Crippen MR) is 105 cm³/mol. The summed E-state index contributed by atoms with van der Waals surface area (Å²) in [4.78, 5) is 2.18. The van der Waals surface area contributed by atoms with E-state index >= 15 is 0 Å². The van der Waals surface area contributed by atoms with Gasteiger partial charge < -0.3 is 29.0 Å². The Morgan fingerprint density at radius 2 is 1.44 bits per heavy atom. The fourth-order valence-corrected chi connectivity index (χ4v) is 3.69. The van der Waals surface area contributed by atoms with E-state index in [1.165, 1.54) is 0 Å². The molecule has 6 heteroatoms. The van der Waals surface area contributed by atoms with Crippen LogP contribution < -0.4 is 23.8 Å². The molecule has 2 atom stereocenters. The van der Waals surface area contributed by atoms with Crippen LogP contribution in [0.3, 0.4) is 0 Å². The van der Waals surface area contributed by atoms with Gasteiger partial charge in [-0.25, -0.2) is 0 Å². The lowest BCUT2D eigenvalue weighted by Crippen LogP contribution is -2.43. The van der Waals surface area contributed by atoms with Crippen molar-refractivity contribution in [3.63, 3.8) is 0 Å². The van der Waals surface area contributed by atoms with Gasteiger partial charge in [0.05, 0.1) is 34.5 Å². The number of rotatable bonds is 6. The number of hydrogen-bond donors (Lipinski definition) is 1. The van der Waals surface area contributed by atoms with E-state index in [-0.39, 0.29) is 5.92 Å². The lowest BCUT2D eigenvalue weighted by molar-refractivity contribution is 0.127. The van der Waals surface area contributed by atoms with Crippen LogP contribution in [0.25, 0.3) is 0 Å². The van der Waals surface area contributed by atoms with Crippen molar-refractivity contribution in [1.29, 1.82) is 0 Å². The standard InChI is InChI=1S/C21H27NO5/c1-24-15-7-5-14(6-8-15)22-10-9-17(18(23)13-22)21-19(26-3)11-16(25-2)12-20(21)27-4/h5-8,11-12,17-18,23H,9-10,13H2,1-4H3. The van der Waals surface area contributed by atoms with E-state index in [0.29, 0.717) is 23.8 Å². The van der Waals surface area contributed by atoms with Crippen LogP contribution in [0.15, 0.2) is 36.4 Å². The first-order chi connectivity index (χ1) is 13.1. The molecule has 0 aliphatic carbocycles. The highest BCUT2D eigenvalue weighted by atomic mass is 16.5. The van der Waals surface area contributed by atoms with Crippen LogP contribution >= 0.6 is 0 Å². The van der Waals surface area contributed by atoms with Crippen molar-refractivity contribution >= 4 is 5.69 Å². The molecule has 3 rings (SSSR count). The van der Waals surface area contributed by atoms with E-state index in [2.05, 4.69) is 4.90 Å². The normalized spacial score (nSPS) is 19.5. The van der Waals surface area contributed by atoms with Crippen molar-refractivity contribution in [3.8, 4) is 23.0 Å². The summed E-state index contributed by atoms with van der Waals surface area (Å²) in [6.07, 6.45) is 0.240. The molecule has 2 unspecified atom stereocenters. The second kappa shape index (κ2) is 8.39. The largest absolute Gasteiger partial charge is 0.497 e. The van der Waals surface area contributed by atoms with Crippen LogP contribution in [0.2, 0.25) is 0 Å². The number of piperidine rings is 1. The molecule has 0 saturated carbocycles. The van der Waals surface area contributed by atoms with Crippen LogP contribution in [-0.4, -0.2) is 52.7 Å². The molecule has 1 aliphatic heterocycles. The van der Waals surface area contributed by atoms with Crippen molar-refractivity contribution < 1.29 is 24.1 Å². The molecule has 0 bridgehead atoms. The number of β-amino-alcohol motifs (C(OH)–C–C–N with tert-alkyl or cyclic N) is 1. The topological polar surface area (TPSA) is 60.4 Å². The molecule has 0 amide bonds. The number of anilines is 1. The summed E-state index contributed by atoms with van der Waals surface area (Å²) in [5.74, 6) is 2.76. The van der Waals surface area contributed by atoms with Crippen molar-refractivity contribution in [2.75, 3.05) is 46.4 Å². The molecule has 0 aromatic heterocycles. The Morgan fingerprint density at radius 3 is 1.93 bits per heavy atom. The molecule has 0 spiro atoms. The number of methoxy groups -OCH3 is 4. The molecule has 1 N–H and O–H groups in total. The third kappa shape index (κ3) is 3.90. The minimum Gasteiger partial charge on any atom is -0.497 e. The van der Waals surface area contributed by atoms with E-state index in [1.807, 2.05) is 36.4 Å². The second-order valence-corrected chi connectivity index (χ2v) is 6.55. The van der Waals surface area contributed by atoms with Crippen molar-refractivity contribution in [2.45, 2.75) is 18.4 Å². The lowest BCUT2D eigenvalue weighted by atomic mass is 9.85. The third-order valence-electron chi connectivity index (χ3n) is 5.14. The van der Waals surface area contributed by atoms with Crippen LogP contribution in [0, 0.1) is 0 Å². The minimum absolute atomic E-state index is 0.0738. The Balaban J connectivity index is 1.84. The van der Waals surface area contributed by atoms with Gasteiger partial charge in [0.2, 0.25) is 0 Å². The maximum Gasteiger partial charge on any atom is 0.129 e. The summed E-state index contributed by atoms with van der Waals surface area (Å²) in [5, 5.41) is 10.9. The van der Waals surface area contributed by atoms with Crippen LogP contribution in [0.5, 0.6) is 23.0 Å². The molecule has 2 aromatic rings. The number of aliphatic hydroxyl groups is 1. The van der Waals surface area contributed by atoms with Gasteiger partial charge >= 0.3 is 0 Å². The first-order valence-corrected chi connectivity index (χ1v) is 8.98. The van der Waals surface area contributed by atoms with Gasteiger partial charge in [-0.3, -0.25) is 0 Å². The Kier molecular flexibility index (Phi) is 5.96. The molecule has 146 valence electrons. The van der Waals surface area contributed by atoms with Gasteiger partial charge in [-0.15, -0.1) is 0 Å². The van der Waals surface area contributed by atoms with Gasteiger partial charge in [-0.1, -0.05) is 0 Å². The molecule has 6 nitrogen and oxygen atoms in total. The van der Waals surface area contributed by atoms with Gasteiger partial charge in [0, 0.05) is 42.4 Å². The van der Waals surface area contributed by atoms with Gasteiger partial charge in [0.15, 0.2) is 0 Å². The maximum absolute atomic E-state index is 10.9. The summed E-state index contributed by atoms with van der Waals surface area (Å²) < 4.78 is 21.7. The quantitative estimate of drug-likeness (QED) is 0.840. The summed E-state index contributed by atoms with van der Waals surface area (Å²) in [5.41, 5.74) is 1.96. The molecular formula is C21H27NO5. The molecule has 1 heterocycles. The zero-order chi connectivity index (χ0) is 19.4. The molecule has 27 heavy (non-hydrogen) atoms. The number of benzene rings is 2. The van der Waals surface area contributed by atoms with Gasteiger partial charge in [-0.2, -0.15) is 0 Å². The number of ether oxygens (including phenoxy) is 4. The predicted octanol–water partition coefficient (Wildman–Crippen LogP) is 3.08. The van der Waals surface area contributed by atoms with Crippen molar-refractivity contribution in [1.82, 2.24) is 0 Å². The zero-order valence-corrected chi connectivity index (χ0v) is 16.3. The molecule has 0 radical (unpaired) electrons. The van der Waals surface area contributed by atoms with E-state index < -0.39 is 6.10 Å². The van der Waals surface area contributed by atoms with Gasteiger partial charge in [-0.05, 0) is 30.7 Å². The van der Waals surface area contributed by atoms with Crippen LogP contribution in [0.4, 0.5) is 5.69 Å². The average Bonchev–Trinajstić information content (AvgIpc) is 2.72. The maximum atomic E-state index is 10.9. The monoisotopic (exact) mass is 373 g/mol.